The number of fused-ring (bicyclic) bond motifs is 1. The van der Waals surface area contributed by atoms with E-state index in [1.807, 2.05) is 54.4 Å². The third-order valence-corrected chi connectivity index (χ3v) is 3.79. The zero-order valence-electron chi connectivity index (χ0n) is 11.0. The molecule has 1 aliphatic rings. The molecule has 0 aromatic heterocycles. The van der Waals surface area contributed by atoms with Crippen LogP contribution >= 0.6 is 15.9 Å². The van der Waals surface area contributed by atoms with Gasteiger partial charge in [-0.3, -0.25) is 4.79 Å². The summed E-state index contributed by atoms with van der Waals surface area (Å²) in [5, 5.41) is 5.98. The average molecular weight is 332 g/mol. The normalized spacial score (nSPS) is 13.7. The van der Waals surface area contributed by atoms with E-state index in [-0.39, 0.29) is 5.91 Å². The van der Waals surface area contributed by atoms with Crippen LogP contribution in [0.15, 0.2) is 46.9 Å². The summed E-state index contributed by atoms with van der Waals surface area (Å²) in [6, 6.07) is 13.9. The number of carbonyl (C=O) groups excluding carboxylic acids is 1. The molecule has 2 aromatic carbocycles. The van der Waals surface area contributed by atoms with Gasteiger partial charge in [0, 0.05) is 22.9 Å². The van der Waals surface area contributed by atoms with E-state index >= 15 is 0 Å². The highest BCUT2D eigenvalue weighted by atomic mass is 79.9. The molecule has 3 rings (SSSR count). The minimum absolute atomic E-state index is 0.00230. The second kappa shape index (κ2) is 5.17. The van der Waals surface area contributed by atoms with E-state index in [1.54, 1.807) is 0 Å². The van der Waals surface area contributed by atoms with Crippen LogP contribution in [-0.4, -0.2) is 19.5 Å². The smallest absolute Gasteiger partial charge is 0.244 e. The van der Waals surface area contributed by atoms with Crippen LogP contribution in [0.1, 0.15) is 0 Å². The van der Waals surface area contributed by atoms with Crippen LogP contribution < -0.4 is 15.5 Å². The lowest BCUT2D eigenvalue weighted by Gasteiger charge is -2.31. The summed E-state index contributed by atoms with van der Waals surface area (Å²) in [6.07, 6.45) is 0. The first-order valence-electron chi connectivity index (χ1n) is 6.32. The van der Waals surface area contributed by atoms with Crippen molar-refractivity contribution in [1.29, 1.82) is 0 Å². The van der Waals surface area contributed by atoms with Gasteiger partial charge in [-0.2, -0.15) is 0 Å². The number of halogens is 1. The highest BCUT2D eigenvalue weighted by Gasteiger charge is 2.23. The summed E-state index contributed by atoms with van der Waals surface area (Å²) >= 11 is 3.48. The van der Waals surface area contributed by atoms with Gasteiger partial charge in [0.05, 0.1) is 11.4 Å². The van der Waals surface area contributed by atoms with Gasteiger partial charge in [-0.05, 0) is 42.5 Å². The number of anilines is 4. The fourth-order valence-corrected chi connectivity index (χ4v) is 2.64. The van der Waals surface area contributed by atoms with E-state index in [0.29, 0.717) is 6.54 Å². The lowest BCUT2D eigenvalue weighted by molar-refractivity contribution is -0.115. The summed E-state index contributed by atoms with van der Waals surface area (Å²) in [5.74, 6) is -0.00230. The molecule has 2 N–H and O–H groups in total. The highest BCUT2D eigenvalue weighted by Crippen LogP contribution is 2.37. The third-order valence-electron chi connectivity index (χ3n) is 3.29. The van der Waals surface area contributed by atoms with Gasteiger partial charge < -0.3 is 15.5 Å². The number of amides is 1. The zero-order chi connectivity index (χ0) is 14.1. The predicted octanol–water partition coefficient (Wildman–Crippen LogP) is 3.58. The Bertz CT molecular complexity index is 655. The number of hydrogen-bond donors (Lipinski definition) is 2. The molecule has 0 spiro atoms. The van der Waals surface area contributed by atoms with Crippen molar-refractivity contribution < 1.29 is 4.79 Å². The number of hydrogen-bond acceptors (Lipinski definition) is 3. The molecule has 0 saturated heterocycles. The molecular formula is C15H14BrN3O. The molecule has 102 valence electrons. The molecule has 0 fully saturated rings. The third kappa shape index (κ3) is 2.36. The van der Waals surface area contributed by atoms with Crippen LogP contribution in [-0.2, 0) is 4.79 Å². The molecule has 2 aromatic rings. The Morgan fingerprint density at radius 1 is 1.20 bits per heavy atom. The van der Waals surface area contributed by atoms with Crippen LogP contribution in [0.3, 0.4) is 0 Å². The molecule has 1 heterocycles. The van der Waals surface area contributed by atoms with Gasteiger partial charge in [-0.15, -0.1) is 0 Å². The predicted molar refractivity (Wildman–Crippen MR) is 85.8 cm³/mol. The van der Waals surface area contributed by atoms with Gasteiger partial charge in [-0.25, -0.2) is 0 Å². The molecule has 0 saturated carbocycles. The van der Waals surface area contributed by atoms with Crippen molar-refractivity contribution in [2.45, 2.75) is 0 Å². The van der Waals surface area contributed by atoms with Crippen LogP contribution in [0.25, 0.3) is 0 Å². The van der Waals surface area contributed by atoms with Gasteiger partial charge in [0.2, 0.25) is 5.91 Å². The Kier molecular flexibility index (Phi) is 3.36. The first-order chi connectivity index (χ1) is 9.67. The fraction of sp³-hybridized carbons (Fsp3) is 0.133. The van der Waals surface area contributed by atoms with Crippen molar-refractivity contribution in [2.24, 2.45) is 0 Å². The van der Waals surface area contributed by atoms with Crippen molar-refractivity contribution in [3.63, 3.8) is 0 Å². The first kappa shape index (κ1) is 13.0. The second-order valence-corrected chi connectivity index (χ2v) is 5.51. The molecule has 4 nitrogen and oxygen atoms in total. The van der Waals surface area contributed by atoms with Crippen molar-refractivity contribution in [1.82, 2.24) is 0 Å². The molecule has 20 heavy (non-hydrogen) atoms. The summed E-state index contributed by atoms with van der Waals surface area (Å²) < 4.78 is 0.990. The monoisotopic (exact) mass is 331 g/mol. The standard InChI is InChI=1S/C15H14BrN3O/c1-17-11-3-5-12(6-4-11)19-9-15(20)18-13-7-2-10(16)8-14(13)19/h2-8,17H,9H2,1H3,(H,18,20). The first-order valence-corrected chi connectivity index (χ1v) is 7.11. The van der Waals surface area contributed by atoms with Crippen molar-refractivity contribution in [3.05, 3.63) is 46.9 Å². The van der Waals surface area contributed by atoms with Crippen molar-refractivity contribution in [2.75, 3.05) is 29.1 Å². The second-order valence-electron chi connectivity index (χ2n) is 4.59. The molecule has 0 atom stereocenters. The topological polar surface area (TPSA) is 44.4 Å². The van der Waals surface area contributed by atoms with Gasteiger partial charge in [0.25, 0.3) is 0 Å². The maximum atomic E-state index is 11.8. The molecular weight excluding hydrogens is 318 g/mol. The Morgan fingerprint density at radius 3 is 2.65 bits per heavy atom. The Hall–Kier alpha value is -2.01. The minimum atomic E-state index is -0.00230. The Labute approximate surface area is 125 Å². The summed E-state index contributed by atoms with van der Waals surface area (Å²) in [6.45, 7) is 0.322. The molecule has 0 aliphatic carbocycles. The highest BCUT2D eigenvalue weighted by molar-refractivity contribution is 9.10. The fourth-order valence-electron chi connectivity index (χ4n) is 2.29. The van der Waals surface area contributed by atoms with Crippen molar-refractivity contribution >= 4 is 44.6 Å². The van der Waals surface area contributed by atoms with Crippen LogP contribution in [0.4, 0.5) is 22.7 Å². The Morgan fingerprint density at radius 2 is 1.95 bits per heavy atom. The van der Waals surface area contributed by atoms with E-state index in [0.717, 1.165) is 27.2 Å². The molecule has 5 heteroatoms. The van der Waals surface area contributed by atoms with E-state index in [2.05, 4.69) is 26.6 Å². The SMILES string of the molecule is CNc1ccc(N2CC(=O)Nc3ccc(Br)cc32)cc1. The number of carbonyl (C=O) groups is 1. The van der Waals surface area contributed by atoms with Crippen molar-refractivity contribution in [3.8, 4) is 0 Å². The zero-order valence-corrected chi connectivity index (χ0v) is 12.6. The molecule has 0 unspecified atom stereocenters. The van der Waals surface area contributed by atoms with E-state index < -0.39 is 0 Å². The molecule has 1 amide bonds. The number of rotatable bonds is 2. The van der Waals surface area contributed by atoms with Crippen LogP contribution in [0.5, 0.6) is 0 Å². The number of nitrogens with zero attached hydrogens (tertiary/aromatic N) is 1. The van der Waals surface area contributed by atoms with E-state index in [9.17, 15) is 4.79 Å². The molecule has 1 aliphatic heterocycles. The number of nitrogens with one attached hydrogen (secondary N) is 2. The molecule has 0 bridgehead atoms. The largest absolute Gasteiger partial charge is 0.388 e. The summed E-state index contributed by atoms with van der Waals surface area (Å²) in [4.78, 5) is 13.9. The van der Waals surface area contributed by atoms with E-state index in [1.165, 1.54) is 0 Å². The minimum Gasteiger partial charge on any atom is -0.388 e. The number of benzene rings is 2. The maximum absolute atomic E-state index is 11.8. The van der Waals surface area contributed by atoms with Gasteiger partial charge in [0.15, 0.2) is 0 Å². The summed E-state index contributed by atoms with van der Waals surface area (Å²) in [5.41, 5.74) is 3.88. The van der Waals surface area contributed by atoms with E-state index in [4.69, 9.17) is 0 Å². The molecule has 0 radical (unpaired) electrons. The van der Waals surface area contributed by atoms with Gasteiger partial charge >= 0.3 is 0 Å². The summed E-state index contributed by atoms with van der Waals surface area (Å²) in [7, 11) is 1.88. The Balaban J connectivity index is 2.04. The average Bonchev–Trinajstić information content (AvgIpc) is 2.47. The maximum Gasteiger partial charge on any atom is 0.244 e. The van der Waals surface area contributed by atoms with Gasteiger partial charge in [0.1, 0.15) is 6.54 Å². The van der Waals surface area contributed by atoms with Crippen LogP contribution in [0.2, 0.25) is 0 Å². The van der Waals surface area contributed by atoms with Gasteiger partial charge in [-0.1, -0.05) is 15.9 Å². The quantitative estimate of drug-likeness (QED) is 0.883. The lowest BCUT2D eigenvalue weighted by atomic mass is 10.1. The lowest BCUT2D eigenvalue weighted by Crippen LogP contribution is -2.34. The van der Waals surface area contributed by atoms with Crippen LogP contribution in [0, 0.1) is 0 Å².